The first-order valence-corrected chi connectivity index (χ1v) is 8.48. The summed E-state index contributed by atoms with van der Waals surface area (Å²) in [4.78, 5) is 24.2. The summed E-state index contributed by atoms with van der Waals surface area (Å²) < 4.78 is 10.9. The largest absolute Gasteiger partial charge is 0.461 e. The number of hydrogen-bond acceptors (Lipinski definition) is 4. The smallest absolute Gasteiger partial charge is 0.336 e. The normalized spacial score (nSPS) is 17.0. The Kier molecular flexibility index (Phi) is 4.10. The highest BCUT2D eigenvalue weighted by molar-refractivity contribution is 6.07. The van der Waals surface area contributed by atoms with E-state index < -0.39 is 5.63 Å². The lowest BCUT2D eigenvalue weighted by molar-refractivity contribution is -0.150. The van der Waals surface area contributed by atoms with E-state index in [1.54, 1.807) is 6.07 Å². The summed E-state index contributed by atoms with van der Waals surface area (Å²) in [6.45, 7) is 0.0785. The average molecular weight is 334 g/mol. The molecule has 0 radical (unpaired) electrons. The van der Waals surface area contributed by atoms with Gasteiger partial charge in [-0.1, -0.05) is 42.5 Å². The van der Waals surface area contributed by atoms with Crippen LogP contribution in [0.25, 0.3) is 21.7 Å². The van der Waals surface area contributed by atoms with Gasteiger partial charge < -0.3 is 9.15 Å². The molecule has 1 aliphatic rings. The van der Waals surface area contributed by atoms with Crippen LogP contribution in [0.5, 0.6) is 0 Å². The van der Waals surface area contributed by atoms with Crippen molar-refractivity contribution in [2.75, 3.05) is 0 Å². The van der Waals surface area contributed by atoms with Gasteiger partial charge in [-0.25, -0.2) is 4.79 Å². The Balaban J connectivity index is 1.71. The molecule has 0 saturated carbocycles. The molecule has 0 spiro atoms. The maximum Gasteiger partial charge on any atom is 0.336 e. The third-order valence-electron chi connectivity index (χ3n) is 4.69. The van der Waals surface area contributed by atoms with E-state index in [2.05, 4.69) is 6.08 Å². The molecule has 0 saturated heterocycles. The highest BCUT2D eigenvalue weighted by Gasteiger charge is 2.21. The third kappa shape index (κ3) is 3.07. The number of carbonyl (C=O) groups is 1. The zero-order valence-corrected chi connectivity index (χ0v) is 13.7. The fourth-order valence-electron chi connectivity index (χ4n) is 3.41. The van der Waals surface area contributed by atoms with Crippen molar-refractivity contribution < 1.29 is 13.9 Å². The van der Waals surface area contributed by atoms with E-state index in [1.165, 1.54) is 6.07 Å². The molecule has 0 bridgehead atoms. The monoisotopic (exact) mass is 334 g/mol. The molecule has 0 aliphatic heterocycles. The van der Waals surface area contributed by atoms with E-state index >= 15 is 0 Å². The van der Waals surface area contributed by atoms with E-state index in [0.717, 1.165) is 35.4 Å². The molecule has 25 heavy (non-hydrogen) atoms. The van der Waals surface area contributed by atoms with Crippen LogP contribution < -0.4 is 5.63 Å². The van der Waals surface area contributed by atoms with Crippen LogP contribution in [0.15, 0.2) is 63.8 Å². The number of ether oxygens (including phenoxy) is 1. The van der Waals surface area contributed by atoms with Crippen LogP contribution in [0.2, 0.25) is 0 Å². The van der Waals surface area contributed by atoms with Crippen molar-refractivity contribution in [3.05, 3.63) is 70.6 Å². The highest BCUT2D eigenvalue weighted by atomic mass is 16.5. The lowest BCUT2D eigenvalue weighted by Crippen LogP contribution is -2.19. The molecular weight excluding hydrogens is 316 g/mol. The summed E-state index contributed by atoms with van der Waals surface area (Å²) in [5.74, 6) is -0.292. The lowest BCUT2D eigenvalue weighted by Gasteiger charge is -2.17. The number of carbonyl (C=O) groups excluding carboxylic acids is 1. The molecular formula is C21H18O4. The van der Waals surface area contributed by atoms with Crippen LogP contribution >= 0.6 is 0 Å². The zero-order chi connectivity index (χ0) is 17.2. The van der Waals surface area contributed by atoms with Gasteiger partial charge in [-0.15, -0.1) is 0 Å². The molecule has 1 heterocycles. The van der Waals surface area contributed by atoms with Gasteiger partial charge >= 0.3 is 11.6 Å². The first-order chi connectivity index (χ1) is 12.2. The van der Waals surface area contributed by atoms with Crippen molar-refractivity contribution in [3.8, 4) is 0 Å². The first-order valence-electron chi connectivity index (χ1n) is 8.48. The van der Waals surface area contributed by atoms with Crippen molar-refractivity contribution in [2.24, 2.45) is 5.92 Å². The Bertz CT molecular complexity index is 1030. The molecule has 2 aromatic carbocycles. The summed E-state index contributed by atoms with van der Waals surface area (Å²) in [5, 5.41) is 2.86. The predicted molar refractivity (Wildman–Crippen MR) is 96.3 cm³/mol. The van der Waals surface area contributed by atoms with E-state index in [-0.39, 0.29) is 18.5 Å². The van der Waals surface area contributed by atoms with Crippen molar-refractivity contribution in [3.63, 3.8) is 0 Å². The predicted octanol–water partition coefficient (Wildman–Crippen LogP) is 4.35. The van der Waals surface area contributed by atoms with Crippen molar-refractivity contribution >= 4 is 27.7 Å². The first kappa shape index (κ1) is 15.6. The summed E-state index contributed by atoms with van der Waals surface area (Å²) >= 11 is 0. The topological polar surface area (TPSA) is 56.5 Å². The van der Waals surface area contributed by atoms with Gasteiger partial charge in [-0.2, -0.15) is 0 Å². The molecule has 1 aromatic heterocycles. The van der Waals surface area contributed by atoms with Crippen molar-refractivity contribution in [1.29, 1.82) is 0 Å². The molecule has 1 aliphatic carbocycles. The van der Waals surface area contributed by atoms with Gasteiger partial charge in [0, 0.05) is 17.0 Å². The van der Waals surface area contributed by atoms with Crippen LogP contribution in [0, 0.1) is 5.92 Å². The quantitative estimate of drug-likeness (QED) is 0.309. The molecule has 4 nitrogen and oxygen atoms in total. The van der Waals surface area contributed by atoms with E-state index in [0.29, 0.717) is 11.1 Å². The lowest BCUT2D eigenvalue weighted by atomic mass is 9.95. The minimum atomic E-state index is -0.436. The Labute approximate surface area is 144 Å². The molecule has 1 atom stereocenters. The standard InChI is InChI=1S/C21H18O4/c22-19-12-16(13-24-21(23)15-7-2-1-3-8-15)20-17-9-5-4-6-14(17)10-11-18(20)25-19/h1-2,4-6,9-12,15H,3,7-8,13H2/t15-/m0/s1. The SMILES string of the molecule is O=C(OCc1cc(=O)oc2ccc3ccccc3c12)[C@H]1CC=CCC1. The fraction of sp³-hybridized carbons (Fsp3) is 0.238. The molecule has 0 amide bonds. The van der Waals surface area contributed by atoms with E-state index in [4.69, 9.17) is 9.15 Å². The summed E-state index contributed by atoms with van der Waals surface area (Å²) in [6.07, 6.45) is 6.55. The molecule has 0 N–H and O–H groups in total. The van der Waals surface area contributed by atoms with Crippen LogP contribution in [0.3, 0.4) is 0 Å². The van der Waals surface area contributed by atoms with Gasteiger partial charge in [-0.3, -0.25) is 4.79 Å². The second kappa shape index (κ2) is 6.55. The highest BCUT2D eigenvalue weighted by Crippen LogP contribution is 2.28. The minimum absolute atomic E-state index is 0.0785. The summed E-state index contributed by atoms with van der Waals surface area (Å²) in [6, 6.07) is 13.0. The minimum Gasteiger partial charge on any atom is -0.461 e. The Morgan fingerprint density at radius 1 is 1.16 bits per heavy atom. The molecule has 4 rings (SSSR count). The van der Waals surface area contributed by atoms with Crippen LogP contribution in [0.1, 0.15) is 24.8 Å². The number of hydrogen-bond donors (Lipinski definition) is 0. The average Bonchev–Trinajstić information content (AvgIpc) is 2.66. The number of allylic oxidation sites excluding steroid dienone is 2. The Hall–Kier alpha value is -2.88. The van der Waals surface area contributed by atoms with Gasteiger partial charge in [0.05, 0.1) is 5.92 Å². The van der Waals surface area contributed by atoms with Crippen LogP contribution in [0.4, 0.5) is 0 Å². The summed E-state index contributed by atoms with van der Waals surface area (Å²) in [5.41, 5.74) is 0.759. The van der Waals surface area contributed by atoms with E-state index in [9.17, 15) is 9.59 Å². The maximum atomic E-state index is 12.3. The van der Waals surface area contributed by atoms with Crippen LogP contribution in [-0.2, 0) is 16.1 Å². The number of esters is 1. The third-order valence-corrected chi connectivity index (χ3v) is 4.69. The molecule has 0 unspecified atom stereocenters. The van der Waals surface area contributed by atoms with Gasteiger partial charge in [0.1, 0.15) is 12.2 Å². The fourth-order valence-corrected chi connectivity index (χ4v) is 3.41. The number of benzene rings is 2. The summed E-state index contributed by atoms with van der Waals surface area (Å²) in [7, 11) is 0. The number of rotatable bonds is 3. The Morgan fingerprint density at radius 3 is 2.88 bits per heavy atom. The molecule has 0 fully saturated rings. The van der Waals surface area contributed by atoms with Gasteiger partial charge in [0.2, 0.25) is 0 Å². The van der Waals surface area contributed by atoms with E-state index in [1.807, 2.05) is 36.4 Å². The van der Waals surface area contributed by atoms with Crippen LogP contribution in [-0.4, -0.2) is 5.97 Å². The molecule has 126 valence electrons. The van der Waals surface area contributed by atoms with Gasteiger partial charge in [0.25, 0.3) is 0 Å². The Morgan fingerprint density at radius 2 is 2.04 bits per heavy atom. The number of fused-ring (bicyclic) bond motifs is 3. The zero-order valence-electron chi connectivity index (χ0n) is 13.7. The molecule has 3 aromatic rings. The maximum absolute atomic E-state index is 12.3. The van der Waals surface area contributed by atoms with Crippen molar-refractivity contribution in [1.82, 2.24) is 0 Å². The van der Waals surface area contributed by atoms with Gasteiger partial charge in [-0.05, 0) is 36.1 Å². The second-order valence-electron chi connectivity index (χ2n) is 6.34. The second-order valence-corrected chi connectivity index (χ2v) is 6.34. The molecule has 4 heteroatoms. The van der Waals surface area contributed by atoms with Gasteiger partial charge in [0.15, 0.2) is 0 Å². The van der Waals surface area contributed by atoms with Crippen molar-refractivity contribution in [2.45, 2.75) is 25.9 Å².